The highest BCUT2D eigenvalue weighted by atomic mass is 16.6. The molecule has 0 aromatic rings. The summed E-state index contributed by atoms with van der Waals surface area (Å²) in [7, 11) is 0. The monoisotopic (exact) mass is 495 g/mol. The van der Waals surface area contributed by atoms with Gasteiger partial charge >= 0.3 is 12.1 Å². The molecule has 2 unspecified atom stereocenters. The summed E-state index contributed by atoms with van der Waals surface area (Å²) >= 11 is 0. The van der Waals surface area contributed by atoms with Gasteiger partial charge in [-0.25, -0.2) is 9.59 Å². The van der Waals surface area contributed by atoms with Gasteiger partial charge in [0.1, 0.15) is 23.2 Å². The van der Waals surface area contributed by atoms with E-state index in [9.17, 15) is 29.4 Å². The Morgan fingerprint density at radius 2 is 1.97 bits per heavy atom. The van der Waals surface area contributed by atoms with Crippen LogP contribution in [0.25, 0.3) is 0 Å². The summed E-state index contributed by atoms with van der Waals surface area (Å²) in [6.45, 7) is 10.6. The van der Waals surface area contributed by atoms with Gasteiger partial charge in [-0.15, -0.1) is 6.58 Å². The first-order chi connectivity index (χ1) is 16.3. The largest absolute Gasteiger partial charge is 0.501 e. The lowest BCUT2D eigenvalue weighted by atomic mass is 10.1. The zero-order valence-corrected chi connectivity index (χ0v) is 20.8. The zero-order chi connectivity index (χ0) is 26.4. The first-order valence-electron chi connectivity index (χ1n) is 11.8. The molecule has 2 fully saturated rings. The number of ether oxygens (including phenoxy) is 2. The average Bonchev–Trinajstić information content (AvgIpc) is 3.34. The fourth-order valence-electron chi connectivity index (χ4n) is 3.95. The molecule has 1 saturated heterocycles. The quantitative estimate of drug-likeness (QED) is 0.190. The standard InChI is InChI=1S/C24H37N3O8/c1-6-8-10-34-11-9-17(25-22(33)35-23(3,4)5)20(30)27-14-16(28)12-18(27)19(29)26-24(21(31)32)13-15(24)7-2/h7-8,10,15-18,28H,2,6,9,11-14H2,1,3-5H3,(H,25,33)(H,26,29)(H,31,32)/t15?,16-,17+,18+,24?/m1/s1. The van der Waals surface area contributed by atoms with Crippen molar-refractivity contribution in [2.24, 2.45) is 5.92 Å². The number of carbonyl (C=O) groups excluding carboxylic acids is 3. The molecule has 1 saturated carbocycles. The van der Waals surface area contributed by atoms with Crippen molar-refractivity contribution in [3.8, 4) is 0 Å². The number of allylic oxidation sites excluding steroid dienone is 1. The van der Waals surface area contributed by atoms with Crippen LogP contribution < -0.4 is 10.6 Å². The molecule has 1 aliphatic heterocycles. The predicted octanol–water partition coefficient (Wildman–Crippen LogP) is 1.32. The van der Waals surface area contributed by atoms with Crippen LogP contribution in [0.3, 0.4) is 0 Å². The molecule has 11 heteroatoms. The van der Waals surface area contributed by atoms with Gasteiger partial charge in [-0.05, 0) is 33.6 Å². The molecule has 11 nitrogen and oxygen atoms in total. The maximum atomic E-state index is 13.4. The van der Waals surface area contributed by atoms with Gasteiger partial charge in [0.2, 0.25) is 11.8 Å². The van der Waals surface area contributed by atoms with Crippen molar-refractivity contribution in [2.45, 2.75) is 82.7 Å². The Balaban J connectivity index is 2.17. The summed E-state index contributed by atoms with van der Waals surface area (Å²) in [4.78, 5) is 51.8. The average molecular weight is 496 g/mol. The van der Waals surface area contributed by atoms with Crippen LogP contribution >= 0.6 is 0 Å². The summed E-state index contributed by atoms with van der Waals surface area (Å²) in [6, 6.07) is -2.18. The van der Waals surface area contributed by atoms with E-state index >= 15 is 0 Å². The number of rotatable bonds is 11. The van der Waals surface area contributed by atoms with E-state index in [-0.39, 0.29) is 32.4 Å². The first-order valence-corrected chi connectivity index (χ1v) is 11.8. The lowest BCUT2D eigenvalue weighted by Crippen LogP contribution is -2.56. The highest BCUT2D eigenvalue weighted by Gasteiger charge is 2.61. The minimum absolute atomic E-state index is 0.0546. The van der Waals surface area contributed by atoms with Crippen LogP contribution in [-0.4, -0.2) is 81.5 Å². The van der Waals surface area contributed by atoms with E-state index < -0.39 is 59.1 Å². The van der Waals surface area contributed by atoms with Gasteiger partial charge in [0.25, 0.3) is 0 Å². The number of hydrogen-bond donors (Lipinski definition) is 4. The minimum atomic E-state index is -1.46. The molecule has 4 N–H and O–H groups in total. The number of aliphatic hydroxyl groups excluding tert-OH is 1. The first kappa shape index (κ1) is 28.2. The van der Waals surface area contributed by atoms with Crippen molar-refractivity contribution < 1.29 is 38.9 Å². The van der Waals surface area contributed by atoms with E-state index in [0.717, 1.165) is 6.42 Å². The molecular formula is C24H37N3O8. The highest BCUT2D eigenvalue weighted by Crippen LogP contribution is 2.44. The van der Waals surface area contributed by atoms with Gasteiger partial charge in [-0.3, -0.25) is 9.59 Å². The number of aliphatic carboxylic acids is 1. The molecule has 196 valence electrons. The number of aliphatic hydroxyl groups is 1. The number of alkyl carbamates (subject to hydrolysis) is 1. The number of likely N-dealkylation sites (tertiary alicyclic amines) is 1. The fourth-order valence-corrected chi connectivity index (χ4v) is 3.95. The predicted molar refractivity (Wildman–Crippen MR) is 126 cm³/mol. The molecule has 2 rings (SSSR count). The van der Waals surface area contributed by atoms with E-state index in [4.69, 9.17) is 9.47 Å². The SMILES string of the molecule is C=CC1CC1(NC(=O)[C@@H]1C[C@@H](O)CN1C(=O)[C@H](CCOC=CCC)NC(=O)OC(C)(C)C)C(=O)O. The van der Waals surface area contributed by atoms with Crippen molar-refractivity contribution in [3.63, 3.8) is 0 Å². The van der Waals surface area contributed by atoms with Crippen molar-refractivity contribution in [1.82, 2.24) is 15.5 Å². The Bertz CT molecular complexity index is 852. The number of carbonyl (C=O) groups is 4. The summed E-state index contributed by atoms with van der Waals surface area (Å²) in [5.74, 6) is -2.89. The minimum Gasteiger partial charge on any atom is -0.501 e. The maximum absolute atomic E-state index is 13.4. The Labute approximate surface area is 205 Å². The van der Waals surface area contributed by atoms with Gasteiger partial charge in [0.05, 0.1) is 19.0 Å². The summed E-state index contributed by atoms with van der Waals surface area (Å²) in [5, 5.41) is 24.9. The number of carboxylic acids is 1. The molecule has 2 aliphatic rings. The molecule has 5 atom stereocenters. The van der Waals surface area contributed by atoms with Gasteiger partial charge in [-0.2, -0.15) is 0 Å². The lowest BCUT2D eigenvalue weighted by molar-refractivity contribution is -0.145. The second kappa shape index (κ2) is 11.6. The third kappa shape index (κ3) is 7.45. The zero-order valence-electron chi connectivity index (χ0n) is 20.8. The number of nitrogens with zero attached hydrogens (tertiary/aromatic N) is 1. The summed E-state index contributed by atoms with van der Waals surface area (Å²) in [6.07, 6.45) is 3.98. The molecule has 1 aliphatic carbocycles. The summed E-state index contributed by atoms with van der Waals surface area (Å²) < 4.78 is 10.6. The smallest absolute Gasteiger partial charge is 0.408 e. The van der Waals surface area contributed by atoms with Crippen LogP contribution in [-0.2, 0) is 23.9 Å². The normalized spacial score (nSPS) is 26.7. The van der Waals surface area contributed by atoms with Crippen LogP contribution in [0.4, 0.5) is 4.79 Å². The molecular weight excluding hydrogens is 458 g/mol. The topological polar surface area (TPSA) is 154 Å². The molecule has 3 amide bonds. The van der Waals surface area contributed by atoms with Crippen LogP contribution in [0.2, 0.25) is 0 Å². The second-order valence-corrected chi connectivity index (χ2v) is 9.85. The lowest BCUT2D eigenvalue weighted by Gasteiger charge is -2.30. The molecule has 1 heterocycles. The van der Waals surface area contributed by atoms with E-state index in [0.29, 0.717) is 0 Å². The van der Waals surface area contributed by atoms with Gasteiger partial charge < -0.3 is 35.2 Å². The molecule has 0 aromatic carbocycles. The number of amides is 3. The van der Waals surface area contributed by atoms with Gasteiger partial charge in [-0.1, -0.05) is 19.1 Å². The maximum Gasteiger partial charge on any atom is 0.408 e. The number of β-amino-alcohol motifs (C(OH)–C–C–N with tert-alkyl or cyclic N) is 1. The Kier molecular flexibility index (Phi) is 9.31. The summed E-state index contributed by atoms with van der Waals surface area (Å²) in [5.41, 5.74) is -2.25. The molecule has 0 aromatic heterocycles. The third-order valence-corrected chi connectivity index (χ3v) is 5.83. The van der Waals surface area contributed by atoms with Crippen LogP contribution in [0.5, 0.6) is 0 Å². The van der Waals surface area contributed by atoms with Gasteiger partial charge in [0, 0.05) is 25.3 Å². The van der Waals surface area contributed by atoms with Crippen LogP contribution in [0, 0.1) is 5.92 Å². The Hall–Kier alpha value is -3.08. The number of nitrogens with one attached hydrogen (secondary N) is 2. The third-order valence-electron chi connectivity index (χ3n) is 5.83. The fraction of sp³-hybridized carbons (Fsp3) is 0.667. The Morgan fingerprint density at radius 1 is 1.29 bits per heavy atom. The molecule has 0 radical (unpaired) electrons. The van der Waals surface area contributed by atoms with Crippen molar-refractivity contribution >= 4 is 23.9 Å². The highest BCUT2D eigenvalue weighted by molar-refractivity contribution is 5.96. The van der Waals surface area contributed by atoms with E-state index in [1.54, 1.807) is 26.8 Å². The molecule has 0 bridgehead atoms. The number of hydrogen-bond acceptors (Lipinski definition) is 7. The van der Waals surface area contributed by atoms with Crippen molar-refractivity contribution in [1.29, 1.82) is 0 Å². The molecule has 0 spiro atoms. The van der Waals surface area contributed by atoms with Gasteiger partial charge in [0.15, 0.2) is 0 Å². The van der Waals surface area contributed by atoms with Crippen molar-refractivity contribution in [2.75, 3.05) is 13.2 Å². The van der Waals surface area contributed by atoms with E-state index in [1.807, 2.05) is 6.92 Å². The van der Waals surface area contributed by atoms with Crippen LogP contribution in [0.15, 0.2) is 25.0 Å². The van der Waals surface area contributed by atoms with Crippen molar-refractivity contribution in [3.05, 3.63) is 25.0 Å². The van der Waals surface area contributed by atoms with E-state index in [1.165, 1.54) is 17.2 Å². The van der Waals surface area contributed by atoms with E-state index in [2.05, 4.69) is 17.2 Å². The Morgan fingerprint density at radius 3 is 2.51 bits per heavy atom. The number of carboxylic acid groups (broad SMARTS) is 1. The second-order valence-electron chi connectivity index (χ2n) is 9.85. The molecule has 35 heavy (non-hydrogen) atoms. The van der Waals surface area contributed by atoms with Crippen LogP contribution in [0.1, 0.15) is 53.4 Å².